The first-order valence-corrected chi connectivity index (χ1v) is 5.82. The maximum absolute atomic E-state index is 9.24. The van der Waals surface area contributed by atoms with E-state index in [2.05, 4.69) is 16.4 Å². The van der Waals surface area contributed by atoms with Crippen molar-refractivity contribution in [1.29, 1.82) is 0 Å². The summed E-state index contributed by atoms with van der Waals surface area (Å²) in [7, 11) is 0. The van der Waals surface area contributed by atoms with Crippen molar-refractivity contribution in [2.45, 2.75) is 18.9 Å². The molecule has 1 unspecified atom stereocenters. The summed E-state index contributed by atoms with van der Waals surface area (Å²) in [5, 5.41) is 12.7. The molecule has 0 radical (unpaired) electrons. The van der Waals surface area contributed by atoms with Crippen molar-refractivity contribution < 1.29 is 5.11 Å². The van der Waals surface area contributed by atoms with Gasteiger partial charge in [-0.05, 0) is 48.7 Å². The Labute approximate surface area is 100 Å². The summed E-state index contributed by atoms with van der Waals surface area (Å²) < 4.78 is 0. The van der Waals surface area contributed by atoms with Gasteiger partial charge in [0.05, 0.1) is 11.7 Å². The normalized spacial score (nSPS) is 17.8. The largest absolute Gasteiger partial charge is 0.508 e. The summed E-state index contributed by atoms with van der Waals surface area (Å²) in [6, 6.07) is 11.6. The van der Waals surface area contributed by atoms with Gasteiger partial charge in [-0.3, -0.25) is 4.98 Å². The van der Waals surface area contributed by atoms with Crippen LogP contribution >= 0.6 is 0 Å². The van der Waals surface area contributed by atoms with E-state index in [1.54, 1.807) is 12.1 Å². The number of pyridine rings is 1. The summed E-state index contributed by atoms with van der Waals surface area (Å²) in [6.07, 6.45) is 4.00. The van der Waals surface area contributed by atoms with Gasteiger partial charge >= 0.3 is 0 Å². The summed E-state index contributed by atoms with van der Waals surface area (Å²) >= 11 is 0. The highest BCUT2D eigenvalue weighted by Crippen LogP contribution is 2.32. The molecule has 17 heavy (non-hydrogen) atoms. The third-order valence-electron chi connectivity index (χ3n) is 3.17. The molecule has 1 aliphatic carbocycles. The Morgan fingerprint density at radius 1 is 1.18 bits per heavy atom. The van der Waals surface area contributed by atoms with E-state index in [1.807, 2.05) is 24.4 Å². The number of aromatic nitrogens is 1. The minimum Gasteiger partial charge on any atom is -0.508 e. The minimum atomic E-state index is 0.288. The molecule has 0 saturated heterocycles. The van der Waals surface area contributed by atoms with Crippen LogP contribution < -0.4 is 5.32 Å². The second-order valence-electron chi connectivity index (χ2n) is 4.33. The zero-order valence-electron chi connectivity index (χ0n) is 9.43. The molecular formula is C14H14N2O. The molecule has 0 aliphatic heterocycles. The monoisotopic (exact) mass is 226 g/mol. The molecule has 2 aromatic rings. The van der Waals surface area contributed by atoms with Crippen LogP contribution in [-0.4, -0.2) is 10.1 Å². The van der Waals surface area contributed by atoms with Crippen LogP contribution in [0.4, 0.5) is 5.69 Å². The number of hydrogen-bond donors (Lipinski definition) is 2. The summed E-state index contributed by atoms with van der Waals surface area (Å²) in [5.74, 6) is 0.292. The van der Waals surface area contributed by atoms with Crippen molar-refractivity contribution in [2.24, 2.45) is 0 Å². The van der Waals surface area contributed by atoms with Gasteiger partial charge in [0, 0.05) is 11.9 Å². The fraction of sp³-hybridized carbons (Fsp3) is 0.214. The van der Waals surface area contributed by atoms with Crippen LogP contribution in [0.15, 0.2) is 42.6 Å². The van der Waals surface area contributed by atoms with Gasteiger partial charge in [0.15, 0.2) is 0 Å². The second-order valence-corrected chi connectivity index (χ2v) is 4.33. The highest BCUT2D eigenvalue weighted by atomic mass is 16.3. The molecule has 2 N–H and O–H groups in total. The number of aryl methyl sites for hydroxylation is 1. The average molecular weight is 226 g/mol. The van der Waals surface area contributed by atoms with E-state index in [0.717, 1.165) is 24.2 Å². The van der Waals surface area contributed by atoms with Crippen molar-refractivity contribution >= 4 is 5.69 Å². The lowest BCUT2D eigenvalue weighted by Crippen LogP contribution is -2.08. The number of phenolic OH excluding ortho intramolecular Hbond substituents is 1. The Balaban J connectivity index is 1.81. The van der Waals surface area contributed by atoms with E-state index in [1.165, 1.54) is 5.56 Å². The fourth-order valence-corrected chi connectivity index (χ4v) is 2.31. The zero-order chi connectivity index (χ0) is 11.7. The molecule has 1 aromatic heterocycles. The second kappa shape index (κ2) is 4.09. The average Bonchev–Trinajstić information content (AvgIpc) is 2.76. The SMILES string of the molecule is Oc1ccc(NC2CCc3cccnc32)cc1. The maximum atomic E-state index is 9.24. The number of phenols is 1. The van der Waals surface area contributed by atoms with Crippen molar-refractivity contribution in [1.82, 2.24) is 4.98 Å². The van der Waals surface area contributed by atoms with Crippen molar-refractivity contribution in [2.75, 3.05) is 5.32 Å². The van der Waals surface area contributed by atoms with Crippen LogP contribution in [0.1, 0.15) is 23.7 Å². The number of fused-ring (bicyclic) bond motifs is 1. The van der Waals surface area contributed by atoms with Gasteiger partial charge in [-0.1, -0.05) is 6.07 Å². The fourth-order valence-electron chi connectivity index (χ4n) is 2.31. The van der Waals surface area contributed by atoms with Gasteiger partial charge < -0.3 is 10.4 Å². The van der Waals surface area contributed by atoms with E-state index in [9.17, 15) is 5.11 Å². The minimum absolute atomic E-state index is 0.288. The van der Waals surface area contributed by atoms with Gasteiger partial charge in [-0.25, -0.2) is 0 Å². The molecule has 0 fully saturated rings. The van der Waals surface area contributed by atoms with Gasteiger partial charge in [-0.15, -0.1) is 0 Å². The van der Waals surface area contributed by atoms with Crippen molar-refractivity contribution in [3.8, 4) is 5.75 Å². The molecule has 86 valence electrons. The summed E-state index contributed by atoms with van der Waals surface area (Å²) in [4.78, 5) is 4.44. The molecule has 3 nitrogen and oxygen atoms in total. The Bertz CT molecular complexity index is 522. The van der Waals surface area contributed by atoms with E-state index >= 15 is 0 Å². The first-order chi connectivity index (χ1) is 8.33. The first kappa shape index (κ1) is 10.1. The van der Waals surface area contributed by atoms with Crippen LogP contribution in [0, 0.1) is 0 Å². The molecule has 1 heterocycles. The third-order valence-corrected chi connectivity index (χ3v) is 3.17. The quantitative estimate of drug-likeness (QED) is 0.774. The zero-order valence-corrected chi connectivity index (χ0v) is 9.43. The lowest BCUT2D eigenvalue weighted by atomic mass is 10.2. The van der Waals surface area contributed by atoms with E-state index < -0.39 is 0 Å². The number of hydrogen-bond acceptors (Lipinski definition) is 3. The topological polar surface area (TPSA) is 45.1 Å². The number of benzene rings is 1. The number of nitrogens with one attached hydrogen (secondary N) is 1. The van der Waals surface area contributed by atoms with Crippen LogP contribution in [0.3, 0.4) is 0 Å². The first-order valence-electron chi connectivity index (χ1n) is 5.82. The predicted octanol–water partition coefficient (Wildman–Crippen LogP) is 2.89. The van der Waals surface area contributed by atoms with Gasteiger partial charge in [0.2, 0.25) is 0 Å². The summed E-state index contributed by atoms with van der Waals surface area (Å²) in [6.45, 7) is 0. The standard InChI is InChI=1S/C14H14N2O/c17-12-6-4-11(5-7-12)16-13-8-3-10-2-1-9-15-14(10)13/h1-2,4-7,9,13,16-17H,3,8H2. The molecule has 0 saturated carbocycles. The number of aromatic hydroxyl groups is 1. The molecule has 3 rings (SSSR count). The highest BCUT2D eigenvalue weighted by molar-refractivity contribution is 5.48. The molecule has 1 aliphatic rings. The van der Waals surface area contributed by atoms with Crippen molar-refractivity contribution in [3.63, 3.8) is 0 Å². The number of nitrogens with zero attached hydrogens (tertiary/aromatic N) is 1. The Hall–Kier alpha value is -2.03. The predicted molar refractivity (Wildman–Crippen MR) is 67.0 cm³/mol. The molecule has 0 bridgehead atoms. The van der Waals surface area contributed by atoms with E-state index in [0.29, 0.717) is 5.75 Å². The van der Waals surface area contributed by atoms with E-state index in [4.69, 9.17) is 0 Å². The molecule has 1 atom stereocenters. The van der Waals surface area contributed by atoms with Crippen LogP contribution in [-0.2, 0) is 6.42 Å². The van der Waals surface area contributed by atoms with Gasteiger partial charge in [0.25, 0.3) is 0 Å². The lowest BCUT2D eigenvalue weighted by molar-refractivity contribution is 0.475. The van der Waals surface area contributed by atoms with Crippen LogP contribution in [0.25, 0.3) is 0 Å². The highest BCUT2D eigenvalue weighted by Gasteiger charge is 2.22. The molecule has 0 amide bonds. The lowest BCUT2D eigenvalue weighted by Gasteiger charge is -2.14. The number of rotatable bonds is 2. The Morgan fingerprint density at radius 3 is 2.82 bits per heavy atom. The Morgan fingerprint density at radius 2 is 2.00 bits per heavy atom. The number of anilines is 1. The summed E-state index contributed by atoms with van der Waals surface area (Å²) in [5.41, 5.74) is 3.51. The molecule has 1 aromatic carbocycles. The smallest absolute Gasteiger partial charge is 0.115 e. The molecule has 3 heteroatoms. The van der Waals surface area contributed by atoms with Crippen molar-refractivity contribution in [3.05, 3.63) is 53.9 Å². The molecule has 0 spiro atoms. The molecular weight excluding hydrogens is 212 g/mol. The van der Waals surface area contributed by atoms with Crippen LogP contribution in [0.2, 0.25) is 0 Å². The van der Waals surface area contributed by atoms with Gasteiger partial charge in [-0.2, -0.15) is 0 Å². The Kier molecular flexibility index (Phi) is 2.44. The third kappa shape index (κ3) is 1.96. The van der Waals surface area contributed by atoms with Crippen LogP contribution in [0.5, 0.6) is 5.75 Å². The van der Waals surface area contributed by atoms with E-state index in [-0.39, 0.29) is 6.04 Å². The van der Waals surface area contributed by atoms with Gasteiger partial charge in [0.1, 0.15) is 5.75 Å². The maximum Gasteiger partial charge on any atom is 0.115 e.